The summed E-state index contributed by atoms with van der Waals surface area (Å²) in [6.07, 6.45) is 4.10. The quantitative estimate of drug-likeness (QED) is 0.737. The van der Waals surface area contributed by atoms with Gasteiger partial charge < -0.3 is 5.73 Å². The first kappa shape index (κ1) is 10.3. The fourth-order valence-electron chi connectivity index (χ4n) is 2.49. The third kappa shape index (κ3) is 1.51. The molecule has 0 fully saturated rings. The first-order valence-corrected chi connectivity index (χ1v) is 5.78. The third-order valence-electron chi connectivity index (χ3n) is 3.49. The normalized spacial score (nSPS) is 23.4. The molecule has 0 amide bonds. The second kappa shape index (κ2) is 3.31. The Morgan fingerprint density at radius 1 is 1.53 bits per heavy atom. The summed E-state index contributed by atoms with van der Waals surface area (Å²) >= 11 is 0. The van der Waals surface area contributed by atoms with Crippen LogP contribution in [0.2, 0.25) is 0 Å². The minimum absolute atomic E-state index is 0.603. The molecule has 1 unspecified atom stereocenters. The number of hydrogen-bond donors (Lipinski definition) is 1. The molecule has 0 spiro atoms. The Morgan fingerprint density at radius 2 is 2.35 bits per heavy atom. The van der Waals surface area contributed by atoms with E-state index in [0.717, 1.165) is 23.2 Å². The Labute approximate surface area is 99.7 Å². The van der Waals surface area contributed by atoms with E-state index in [9.17, 15) is 0 Å². The lowest BCUT2D eigenvalue weighted by Crippen LogP contribution is -2.43. The van der Waals surface area contributed by atoms with Gasteiger partial charge in [0.1, 0.15) is 5.54 Å². The maximum atomic E-state index is 9.13. The molecule has 17 heavy (non-hydrogen) atoms. The number of hydrogen-bond acceptors (Lipinski definition) is 3. The minimum Gasteiger partial charge on any atom is -0.313 e. The van der Waals surface area contributed by atoms with Crippen LogP contribution < -0.4 is 5.73 Å². The molecule has 0 bridgehead atoms. The van der Waals surface area contributed by atoms with Gasteiger partial charge in [0.05, 0.1) is 17.3 Å². The molecule has 1 aliphatic rings. The average molecular weight is 226 g/mol. The van der Waals surface area contributed by atoms with Gasteiger partial charge in [0.25, 0.3) is 0 Å². The van der Waals surface area contributed by atoms with Crippen LogP contribution in [0.5, 0.6) is 0 Å². The zero-order chi connectivity index (χ0) is 12.0. The van der Waals surface area contributed by atoms with Crippen molar-refractivity contribution in [3.05, 3.63) is 35.2 Å². The molecule has 1 aliphatic carbocycles. The number of pyridine rings is 1. The molecule has 4 heteroatoms. The van der Waals surface area contributed by atoms with Crippen LogP contribution in [0.15, 0.2) is 18.3 Å². The fraction of sp³-hybridized carbons (Fsp3) is 0.385. The summed E-state index contributed by atoms with van der Waals surface area (Å²) in [5.41, 5.74) is 9.82. The van der Waals surface area contributed by atoms with Crippen LogP contribution in [0.25, 0.3) is 5.52 Å². The van der Waals surface area contributed by atoms with Gasteiger partial charge in [-0.25, -0.2) is 4.52 Å². The summed E-state index contributed by atoms with van der Waals surface area (Å²) in [4.78, 5) is 0. The highest BCUT2D eigenvalue weighted by molar-refractivity contribution is 5.59. The van der Waals surface area contributed by atoms with Gasteiger partial charge in [0, 0.05) is 18.2 Å². The van der Waals surface area contributed by atoms with Crippen LogP contribution in [0.3, 0.4) is 0 Å². The van der Waals surface area contributed by atoms with Crippen molar-refractivity contribution in [2.24, 2.45) is 5.73 Å². The molecule has 0 aliphatic heterocycles. The van der Waals surface area contributed by atoms with Crippen molar-refractivity contribution in [3.63, 3.8) is 0 Å². The molecule has 86 valence electrons. The summed E-state index contributed by atoms with van der Waals surface area (Å²) in [7, 11) is 0. The number of nitriles is 1. The number of aryl methyl sites for hydroxylation is 2. The summed E-state index contributed by atoms with van der Waals surface area (Å²) < 4.78 is 1.91. The number of nitrogens with two attached hydrogens (primary N) is 1. The summed E-state index contributed by atoms with van der Waals surface area (Å²) in [5, 5.41) is 13.7. The van der Waals surface area contributed by atoms with E-state index in [1.165, 1.54) is 5.56 Å². The Bertz CT molecular complexity index is 635. The standard InChI is InChI=1S/C13H14N4/c1-9-2-3-12-10-6-13(15,8-14)5-4-11(10)16-17(12)7-9/h2-3,7H,4-6,15H2,1H3. The number of rotatable bonds is 0. The molecule has 3 rings (SSSR count). The van der Waals surface area contributed by atoms with Crippen LogP contribution in [0.4, 0.5) is 0 Å². The molecule has 4 nitrogen and oxygen atoms in total. The van der Waals surface area contributed by atoms with Crippen molar-refractivity contribution in [1.82, 2.24) is 9.61 Å². The van der Waals surface area contributed by atoms with Crippen molar-refractivity contribution < 1.29 is 0 Å². The summed E-state index contributed by atoms with van der Waals surface area (Å²) in [6, 6.07) is 6.35. The van der Waals surface area contributed by atoms with E-state index < -0.39 is 5.54 Å². The average Bonchev–Trinajstić information content (AvgIpc) is 2.66. The van der Waals surface area contributed by atoms with Crippen molar-refractivity contribution in [2.75, 3.05) is 0 Å². The fourth-order valence-corrected chi connectivity index (χ4v) is 2.49. The van der Waals surface area contributed by atoms with Gasteiger partial charge in [-0.05, 0) is 31.4 Å². The molecule has 0 saturated carbocycles. The van der Waals surface area contributed by atoms with Gasteiger partial charge in [-0.15, -0.1) is 0 Å². The minimum atomic E-state index is -0.721. The smallest absolute Gasteiger partial charge is 0.108 e. The highest BCUT2D eigenvalue weighted by Gasteiger charge is 2.33. The van der Waals surface area contributed by atoms with Gasteiger partial charge >= 0.3 is 0 Å². The van der Waals surface area contributed by atoms with Crippen LogP contribution >= 0.6 is 0 Å². The zero-order valence-electron chi connectivity index (χ0n) is 9.77. The molecule has 0 saturated heterocycles. The molecule has 2 N–H and O–H groups in total. The lowest BCUT2D eigenvalue weighted by atomic mass is 9.82. The second-order valence-electron chi connectivity index (χ2n) is 4.91. The Morgan fingerprint density at radius 3 is 3.12 bits per heavy atom. The van der Waals surface area contributed by atoms with Crippen LogP contribution in [-0.2, 0) is 12.8 Å². The summed E-state index contributed by atoms with van der Waals surface area (Å²) in [6.45, 7) is 2.04. The zero-order valence-corrected chi connectivity index (χ0v) is 9.77. The lowest BCUT2D eigenvalue weighted by molar-refractivity contribution is 0.468. The van der Waals surface area contributed by atoms with Gasteiger partial charge in [-0.2, -0.15) is 10.4 Å². The molecule has 1 atom stereocenters. The second-order valence-corrected chi connectivity index (χ2v) is 4.91. The molecular weight excluding hydrogens is 212 g/mol. The number of fused-ring (bicyclic) bond motifs is 3. The van der Waals surface area contributed by atoms with Crippen molar-refractivity contribution >= 4 is 5.52 Å². The topological polar surface area (TPSA) is 67.1 Å². The van der Waals surface area contributed by atoms with E-state index in [4.69, 9.17) is 11.0 Å². The molecule has 0 radical (unpaired) electrons. The summed E-state index contributed by atoms with van der Waals surface area (Å²) in [5.74, 6) is 0. The molecule has 2 aromatic rings. The molecular formula is C13H14N4. The highest BCUT2D eigenvalue weighted by atomic mass is 15.2. The monoisotopic (exact) mass is 226 g/mol. The molecule has 2 aromatic heterocycles. The van der Waals surface area contributed by atoms with E-state index in [-0.39, 0.29) is 0 Å². The molecule has 2 heterocycles. The van der Waals surface area contributed by atoms with Gasteiger partial charge in [0.15, 0.2) is 0 Å². The van der Waals surface area contributed by atoms with Gasteiger partial charge in [-0.1, -0.05) is 6.07 Å². The van der Waals surface area contributed by atoms with E-state index in [1.807, 2.05) is 17.6 Å². The van der Waals surface area contributed by atoms with Crippen LogP contribution in [0.1, 0.15) is 23.2 Å². The first-order valence-electron chi connectivity index (χ1n) is 5.78. The SMILES string of the molecule is Cc1ccc2c3c(nn2c1)CCC(N)(C#N)C3. The Hall–Kier alpha value is -1.86. The predicted octanol–water partition coefficient (Wildman–Crippen LogP) is 1.35. The van der Waals surface area contributed by atoms with Crippen LogP contribution in [-0.4, -0.2) is 15.2 Å². The largest absolute Gasteiger partial charge is 0.313 e. The van der Waals surface area contributed by atoms with Crippen molar-refractivity contribution in [1.29, 1.82) is 5.26 Å². The number of nitrogens with zero attached hydrogens (tertiary/aromatic N) is 3. The van der Waals surface area contributed by atoms with Crippen molar-refractivity contribution in [3.8, 4) is 6.07 Å². The Kier molecular flexibility index (Phi) is 2.01. The van der Waals surface area contributed by atoms with Crippen LogP contribution in [0, 0.1) is 18.3 Å². The highest BCUT2D eigenvalue weighted by Crippen LogP contribution is 2.29. The molecule has 0 aromatic carbocycles. The maximum absolute atomic E-state index is 9.13. The Balaban J connectivity index is 2.19. The first-order chi connectivity index (χ1) is 8.11. The maximum Gasteiger partial charge on any atom is 0.108 e. The predicted molar refractivity (Wildman–Crippen MR) is 64.5 cm³/mol. The van der Waals surface area contributed by atoms with E-state index in [2.05, 4.69) is 23.3 Å². The lowest BCUT2D eigenvalue weighted by Gasteiger charge is -2.25. The van der Waals surface area contributed by atoms with E-state index in [0.29, 0.717) is 12.8 Å². The number of aromatic nitrogens is 2. The third-order valence-corrected chi connectivity index (χ3v) is 3.49. The van der Waals surface area contributed by atoms with E-state index >= 15 is 0 Å². The van der Waals surface area contributed by atoms with Gasteiger partial charge in [0.2, 0.25) is 0 Å². The van der Waals surface area contributed by atoms with Gasteiger partial charge in [-0.3, -0.25) is 0 Å². The van der Waals surface area contributed by atoms with E-state index in [1.54, 1.807) is 0 Å². The van der Waals surface area contributed by atoms with Crippen molar-refractivity contribution in [2.45, 2.75) is 31.7 Å².